The molecule has 1 aromatic carbocycles. The molecule has 0 spiro atoms. The molecule has 0 aromatic heterocycles. The summed E-state index contributed by atoms with van der Waals surface area (Å²) in [6, 6.07) is 5.48. The molecule has 0 saturated carbocycles. The van der Waals surface area contributed by atoms with Crippen LogP contribution in [0.25, 0.3) is 0 Å². The first-order valence-corrected chi connectivity index (χ1v) is 7.58. The first-order valence-electron chi connectivity index (χ1n) is 7.21. The number of nitrogens with two attached hydrogens (primary N) is 1. The number of halogens is 1. The maximum Gasteiger partial charge on any atom is 0.224 e. The minimum atomic E-state index is 0.115. The average molecular weight is 312 g/mol. The summed E-state index contributed by atoms with van der Waals surface area (Å²) < 4.78 is 5.26. The van der Waals surface area contributed by atoms with Gasteiger partial charge in [-0.05, 0) is 31.0 Å². The Morgan fingerprint density at radius 2 is 2.38 bits per heavy atom. The SMILES string of the molecule is COc1ccc(Cl)cc1NCCC(=O)N1CCCC(N)C1. The maximum absolute atomic E-state index is 12.1. The summed E-state index contributed by atoms with van der Waals surface area (Å²) in [6.45, 7) is 2.02. The Bertz CT molecular complexity index is 496. The number of amides is 1. The van der Waals surface area contributed by atoms with Crippen LogP contribution in [0.1, 0.15) is 19.3 Å². The zero-order valence-electron chi connectivity index (χ0n) is 12.3. The minimum Gasteiger partial charge on any atom is -0.495 e. The Balaban J connectivity index is 1.83. The lowest BCUT2D eigenvalue weighted by Crippen LogP contribution is -2.46. The highest BCUT2D eigenvalue weighted by atomic mass is 35.5. The molecule has 0 aliphatic carbocycles. The number of carbonyl (C=O) groups is 1. The Hall–Kier alpha value is -1.46. The van der Waals surface area contributed by atoms with E-state index in [1.54, 1.807) is 25.3 Å². The predicted octanol–water partition coefficient (Wildman–Crippen LogP) is 2.10. The number of methoxy groups -OCH3 is 1. The predicted molar refractivity (Wildman–Crippen MR) is 84.9 cm³/mol. The second kappa shape index (κ2) is 7.52. The van der Waals surface area contributed by atoms with Crippen LogP contribution in [0, 0.1) is 0 Å². The van der Waals surface area contributed by atoms with Gasteiger partial charge in [-0.15, -0.1) is 0 Å². The van der Waals surface area contributed by atoms with E-state index in [4.69, 9.17) is 22.1 Å². The number of nitrogens with zero attached hydrogens (tertiary/aromatic N) is 1. The lowest BCUT2D eigenvalue weighted by Gasteiger charge is -2.30. The topological polar surface area (TPSA) is 67.6 Å². The molecule has 1 aromatic rings. The number of ether oxygens (including phenoxy) is 1. The number of anilines is 1. The molecule has 6 heteroatoms. The number of likely N-dealkylation sites (tertiary alicyclic amines) is 1. The molecule has 5 nitrogen and oxygen atoms in total. The van der Waals surface area contributed by atoms with Crippen molar-refractivity contribution >= 4 is 23.2 Å². The summed E-state index contributed by atoms with van der Waals surface area (Å²) in [6.07, 6.45) is 2.42. The summed E-state index contributed by atoms with van der Waals surface area (Å²) in [5.41, 5.74) is 6.70. The van der Waals surface area contributed by atoms with E-state index in [9.17, 15) is 4.79 Å². The molecule has 2 rings (SSSR count). The van der Waals surface area contributed by atoms with Gasteiger partial charge < -0.3 is 20.7 Å². The number of carbonyl (C=O) groups excluding carboxylic acids is 1. The fourth-order valence-electron chi connectivity index (χ4n) is 2.52. The molecule has 1 aliphatic rings. The van der Waals surface area contributed by atoms with E-state index in [0.29, 0.717) is 30.3 Å². The number of hydrogen-bond acceptors (Lipinski definition) is 4. The minimum absolute atomic E-state index is 0.115. The first-order chi connectivity index (χ1) is 10.1. The fourth-order valence-corrected chi connectivity index (χ4v) is 2.69. The highest BCUT2D eigenvalue weighted by Crippen LogP contribution is 2.27. The van der Waals surface area contributed by atoms with Crippen LogP contribution in [0.15, 0.2) is 18.2 Å². The van der Waals surface area contributed by atoms with Gasteiger partial charge in [0, 0.05) is 37.1 Å². The van der Waals surface area contributed by atoms with E-state index in [-0.39, 0.29) is 11.9 Å². The molecular weight excluding hydrogens is 290 g/mol. The lowest BCUT2D eigenvalue weighted by molar-refractivity contribution is -0.132. The van der Waals surface area contributed by atoms with Gasteiger partial charge in [-0.3, -0.25) is 4.79 Å². The molecule has 1 atom stereocenters. The van der Waals surface area contributed by atoms with Gasteiger partial charge in [0.2, 0.25) is 5.91 Å². The number of nitrogens with one attached hydrogen (secondary N) is 1. The third-order valence-electron chi connectivity index (χ3n) is 3.63. The Morgan fingerprint density at radius 3 is 3.10 bits per heavy atom. The second-order valence-corrected chi connectivity index (χ2v) is 5.70. The van der Waals surface area contributed by atoms with Crippen LogP contribution in [-0.4, -0.2) is 43.6 Å². The van der Waals surface area contributed by atoms with Crippen molar-refractivity contribution in [2.75, 3.05) is 32.1 Å². The zero-order chi connectivity index (χ0) is 15.2. The van der Waals surface area contributed by atoms with E-state index in [2.05, 4.69) is 5.32 Å². The van der Waals surface area contributed by atoms with Crippen LogP contribution in [-0.2, 0) is 4.79 Å². The van der Waals surface area contributed by atoms with Crippen LogP contribution < -0.4 is 15.8 Å². The van der Waals surface area contributed by atoms with E-state index >= 15 is 0 Å². The number of hydrogen-bond donors (Lipinski definition) is 2. The van der Waals surface area contributed by atoms with Crippen molar-refractivity contribution in [1.29, 1.82) is 0 Å². The molecule has 1 fully saturated rings. The smallest absolute Gasteiger partial charge is 0.224 e. The summed E-state index contributed by atoms with van der Waals surface area (Å²) in [4.78, 5) is 14.0. The Kier molecular flexibility index (Phi) is 5.70. The average Bonchev–Trinajstić information content (AvgIpc) is 2.47. The van der Waals surface area contributed by atoms with Crippen molar-refractivity contribution in [2.24, 2.45) is 5.73 Å². The molecule has 1 unspecified atom stereocenters. The van der Waals surface area contributed by atoms with Crippen LogP contribution in [0.2, 0.25) is 5.02 Å². The van der Waals surface area contributed by atoms with Gasteiger partial charge in [-0.1, -0.05) is 11.6 Å². The van der Waals surface area contributed by atoms with Gasteiger partial charge >= 0.3 is 0 Å². The molecule has 0 radical (unpaired) electrons. The molecule has 1 heterocycles. The monoisotopic (exact) mass is 311 g/mol. The van der Waals surface area contributed by atoms with E-state index in [0.717, 1.165) is 25.1 Å². The third-order valence-corrected chi connectivity index (χ3v) is 3.86. The number of rotatable bonds is 5. The summed E-state index contributed by atoms with van der Waals surface area (Å²) >= 11 is 5.97. The highest BCUT2D eigenvalue weighted by Gasteiger charge is 2.20. The van der Waals surface area contributed by atoms with Crippen molar-refractivity contribution in [3.8, 4) is 5.75 Å². The van der Waals surface area contributed by atoms with Gasteiger partial charge in [0.25, 0.3) is 0 Å². The third kappa shape index (κ3) is 4.51. The van der Waals surface area contributed by atoms with E-state index in [1.165, 1.54) is 0 Å². The molecule has 1 saturated heterocycles. The zero-order valence-corrected chi connectivity index (χ0v) is 13.0. The highest BCUT2D eigenvalue weighted by molar-refractivity contribution is 6.30. The summed E-state index contributed by atoms with van der Waals surface area (Å²) in [5.74, 6) is 0.852. The first kappa shape index (κ1) is 15.9. The number of piperidine rings is 1. The van der Waals surface area contributed by atoms with E-state index < -0.39 is 0 Å². The van der Waals surface area contributed by atoms with Gasteiger partial charge in [0.15, 0.2) is 0 Å². The molecule has 1 amide bonds. The van der Waals surface area contributed by atoms with Crippen LogP contribution in [0.5, 0.6) is 5.75 Å². The van der Waals surface area contributed by atoms with Crippen molar-refractivity contribution in [1.82, 2.24) is 4.90 Å². The van der Waals surface area contributed by atoms with Crippen molar-refractivity contribution in [2.45, 2.75) is 25.3 Å². The molecule has 116 valence electrons. The molecular formula is C15H22ClN3O2. The number of benzene rings is 1. The largest absolute Gasteiger partial charge is 0.495 e. The lowest BCUT2D eigenvalue weighted by atomic mass is 10.1. The van der Waals surface area contributed by atoms with Crippen molar-refractivity contribution in [3.05, 3.63) is 23.2 Å². The normalized spacial score (nSPS) is 18.4. The van der Waals surface area contributed by atoms with Crippen LogP contribution >= 0.6 is 11.6 Å². The fraction of sp³-hybridized carbons (Fsp3) is 0.533. The van der Waals surface area contributed by atoms with Gasteiger partial charge in [-0.2, -0.15) is 0 Å². The van der Waals surface area contributed by atoms with Crippen LogP contribution in [0.3, 0.4) is 0 Å². The molecule has 1 aliphatic heterocycles. The van der Waals surface area contributed by atoms with E-state index in [1.807, 2.05) is 4.90 Å². The maximum atomic E-state index is 12.1. The second-order valence-electron chi connectivity index (χ2n) is 5.26. The molecule has 0 bridgehead atoms. The van der Waals surface area contributed by atoms with Gasteiger partial charge in [0.1, 0.15) is 5.75 Å². The standard InChI is InChI=1S/C15H22ClN3O2/c1-21-14-5-4-11(16)9-13(14)18-7-6-15(20)19-8-2-3-12(17)10-19/h4-5,9,12,18H,2-3,6-8,10,17H2,1H3. The van der Waals surface area contributed by atoms with Gasteiger partial charge in [0.05, 0.1) is 12.8 Å². The Labute approximate surface area is 130 Å². The summed E-state index contributed by atoms with van der Waals surface area (Å²) in [7, 11) is 1.61. The Morgan fingerprint density at radius 1 is 1.57 bits per heavy atom. The summed E-state index contributed by atoms with van der Waals surface area (Å²) in [5, 5.41) is 3.83. The molecule has 3 N–H and O–H groups in total. The van der Waals surface area contributed by atoms with Crippen molar-refractivity contribution in [3.63, 3.8) is 0 Å². The quantitative estimate of drug-likeness (QED) is 0.874. The molecule has 21 heavy (non-hydrogen) atoms. The van der Waals surface area contributed by atoms with Gasteiger partial charge in [-0.25, -0.2) is 0 Å². The van der Waals surface area contributed by atoms with Crippen LogP contribution in [0.4, 0.5) is 5.69 Å². The van der Waals surface area contributed by atoms with Crippen molar-refractivity contribution < 1.29 is 9.53 Å².